The average Bonchev–Trinajstić information content (AvgIpc) is 2.66. The highest BCUT2D eigenvalue weighted by Crippen LogP contribution is 2.68. The minimum Gasteiger partial charge on any atom is -0.444 e. The molecule has 0 spiro atoms. The molecule has 3 fully saturated rings. The Morgan fingerprint density at radius 3 is 2.36 bits per heavy atom. The van der Waals surface area contributed by atoms with Crippen LogP contribution in [0.1, 0.15) is 50.7 Å². The summed E-state index contributed by atoms with van der Waals surface area (Å²) >= 11 is 1.05. The first-order valence-electron chi connectivity index (χ1n) is 6.98. The summed E-state index contributed by atoms with van der Waals surface area (Å²) in [6.07, 6.45) is -2.99. The molecule has 3 aliphatic carbocycles. The lowest BCUT2D eigenvalue weighted by Crippen LogP contribution is -2.76. The highest BCUT2D eigenvalue weighted by Gasteiger charge is 2.70. The van der Waals surface area contributed by atoms with Crippen molar-refractivity contribution in [3.8, 4) is 0 Å². The van der Waals surface area contributed by atoms with Gasteiger partial charge < -0.3 is 10.1 Å². The molecule has 0 atom stereocenters. The van der Waals surface area contributed by atoms with Gasteiger partial charge in [-0.05, 0) is 40.0 Å². The molecule has 0 aromatic carbocycles. The number of alkyl carbamates (subject to hydrolysis) is 1. The molecule has 22 heavy (non-hydrogen) atoms. The first kappa shape index (κ1) is 15.6. The van der Waals surface area contributed by atoms with Gasteiger partial charge in [0.05, 0.1) is 5.01 Å². The first-order valence-corrected chi connectivity index (χ1v) is 7.86. The zero-order chi connectivity index (χ0) is 16.4. The summed E-state index contributed by atoms with van der Waals surface area (Å²) < 4.78 is 43.0. The molecular formula is C14H17F3N2O2S. The monoisotopic (exact) mass is 334 g/mol. The summed E-state index contributed by atoms with van der Waals surface area (Å²) in [5.41, 5.74) is -2.01. The molecule has 4 rings (SSSR count). The van der Waals surface area contributed by atoms with E-state index in [4.69, 9.17) is 4.74 Å². The number of aromatic nitrogens is 1. The number of hydrogen-bond donors (Lipinski definition) is 1. The number of carbonyl (C=O) groups excluding carboxylic acids is 1. The van der Waals surface area contributed by atoms with Crippen molar-refractivity contribution in [3.05, 3.63) is 16.1 Å². The van der Waals surface area contributed by atoms with E-state index in [-0.39, 0.29) is 11.0 Å². The molecular weight excluding hydrogens is 317 g/mol. The fraction of sp³-hybridized carbons (Fsp3) is 0.714. The van der Waals surface area contributed by atoms with Crippen LogP contribution >= 0.6 is 11.3 Å². The number of rotatable bonds is 2. The number of nitrogens with zero attached hydrogens (tertiary/aromatic N) is 1. The van der Waals surface area contributed by atoms with Crippen molar-refractivity contribution in [1.29, 1.82) is 0 Å². The highest BCUT2D eigenvalue weighted by molar-refractivity contribution is 7.09. The Labute approximate surface area is 130 Å². The van der Waals surface area contributed by atoms with E-state index in [0.717, 1.165) is 16.7 Å². The Hall–Kier alpha value is -1.31. The molecule has 0 saturated heterocycles. The summed E-state index contributed by atoms with van der Waals surface area (Å²) in [5.74, 6) is 0. The van der Waals surface area contributed by atoms with Gasteiger partial charge in [-0.2, -0.15) is 13.2 Å². The topological polar surface area (TPSA) is 51.2 Å². The quantitative estimate of drug-likeness (QED) is 0.893. The van der Waals surface area contributed by atoms with Gasteiger partial charge in [-0.1, -0.05) is 0 Å². The van der Waals surface area contributed by atoms with Gasteiger partial charge in [0.2, 0.25) is 0 Å². The average molecular weight is 334 g/mol. The Morgan fingerprint density at radius 1 is 1.32 bits per heavy atom. The lowest BCUT2D eigenvalue weighted by Gasteiger charge is -2.69. The maximum atomic E-state index is 12.6. The zero-order valence-corrected chi connectivity index (χ0v) is 13.3. The molecule has 2 bridgehead atoms. The van der Waals surface area contributed by atoms with Gasteiger partial charge in [0.1, 0.15) is 5.60 Å². The van der Waals surface area contributed by atoms with Crippen LogP contribution in [-0.2, 0) is 16.3 Å². The molecule has 1 amide bonds. The molecule has 0 unspecified atom stereocenters. The summed E-state index contributed by atoms with van der Waals surface area (Å²) in [6, 6.07) is 0. The summed E-state index contributed by atoms with van der Waals surface area (Å²) in [4.78, 5) is 15.5. The van der Waals surface area contributed by atoms with E-state index in [1.54, 1.807) is 20.8 Å². The molecule has 1 heterocycles. The maximum Gasteiger partial charge on any atom is 0.434 e. The van der Waals surface area contributed by atoms with E-state index in [1.807, 2.05) is 0 Å². The standard InChI is InChI=1S/C14H17F3N2O2S/c1-11(2,3)21-10(20)19-13-5-12(6-13,7-13)9-18-8(4-22-9)14(15,16)17/h4H,5-7H2,1-3H3,(H,19,20). The van der Waals surface area contributed by atoms with Gasteiger partial charge in [-0.15, -0.1) is 11.3 Å². The maximum absolute atomic E-state index is 12.6. The number of carbonyl (C=O) groups is 1. The van der Waals surface area contributed by atoms with Crippen LogP contribution in [0.15, 0.2) is 5.38 Å². The van der Waals surface area contributed by atoms with Gasteiger partial charge in [0.15, 0.2) is 5.69 Å². The second-order valence-corrected chi connectivity index (χ2v) is 8.11. The van der Waals surface area contributed by atoms with Crippen LogP contribution in [0.2, 0.25) is 0 Å². The fourth-order valence-electron chi connectivity index (χ4n) is 3.31. The number of halogens is 3. The normalized spacial score (nSPS) is 30.3. The van der Waals surface area contributed by atoms with Crippen LogP contribution in [0.5, 0.6) is 0 Å². The van der Waals surface area contributed by atoms with Crippen molar-refractivity contribution in [3.63, 3.8) is 0 Å². The molecule has 3 aliphatic rings. The van der Waals surface area contributed by atoms with E-state index in [9.17, 15) is 18.0 Å². The molecule has 1 aromatic heterocycles. The van der Waals surface area contributed by atoms with Crippen LogP contribution in [0, 0.1) is 0 Å². The molecule has 4 nitrogen and oxygen atoms in total. The summed E-state index contributed by atoms with van der Waals surface area (Å²) in [6.45, 7) is 5.35. The van der Waals surface area contributed by atoms with Crippen molar-refractivity contribution >= 4 is 17.4 Å². The lowest BCUT2D eigenvalue weighted by atomic mass is 9.39. The fourth-order valence-corrected chi connectivity index (χ4v) is 4.34. The lowest BCUT2D eigenvalue weighted by molar-refractivity contribution is -0.141. The Bertz CT molecular complexity index is 599. The number of nitrogens with one attached hydrogen (secondary N) is 1. The second kappa shape index (κ2) is 4.37. The predicted octanol–water partition coefficient (Wildman–Crippen LogP) is 3.86. The smallest absolute Gasteiger partial charge is 0.434 e. The van der Waals surface area contributed by atoms with Gasteiger partial charge in [0, 0.05) is 16.3 Å². The highest BCUT2D eigenvalue weighted by atomic mass is 32.1. The van der Waals surface area contributed by atoms with Crippen LogP contribution in [0.25, 0.3) is 0 Å². The number of hydrogen-bond acceptors (Lipinski definition) is 4. The molecule has 0 radical (unpaired) electrons. The molecule has 0 aliphatic heterocycles. The second-order valence-electron chi connectivity index (χ2n) is 7.25. The van der Waals surface area contributed by atoms with E-state index < -0.39 is 23.6 Å². The Kier molecular flexibility index (Phi) is 3.09. The summed E-state index contributed by atoms with van der Waals surface area (Å²) in [7, 11) is 0. The first-order chi connectivity index (χ1) is 9.93. The summed E-state index contributed by atoms with van der Waals surface area (Å²) in [5, 5.41) is 4.42. The van der Waals surface area contributed by atoms with E-state index in [2.05, 4.69) is 10.3 Å². The van der Waals surface area contributed by atoms with E-state index in [0.29, 0.717) is 24.3 Å². The molecule has 1 aromatic rings. The Morgan fingerprint density at radius 2 is 1.91 bits per heavy atom. The largest absolute Gasteiger partial charge is 0.444 e. The molecule has 3 saturated carbocycles. The minimum atomic E-state index is -4.40. The number of alkyl halides is 3. The number of ether oxygens (including phenoxy) is 1. The SMILES string of the molecule is CC(C)(C)OC(=O)NC12CC(c3nc(C(F)(F)F)cs3)(C1)C2. The van der Waals surface area contributed by atoms with Crippen LogP contribution in [0.4, 0.5) is 18.0 Å². The molecule has 1 N–H and O–H groups in total. The van der Waals surface area contributed by atoms with Crippen molar-refractivity contribution in [1.82, 2.24) is 10.3 Å². The van der Waals surface area contributed by atoms with Crippen LogP contribution in [0.3, 0.4) is 0 Å². The third kappa shape index (κ3) is 2.57. The van der Waals surface area contributed by atoms with Gasteiger partial charge in [0.25, 0.3) is 0 Å². The van der Waals surface area contributed by atoms with Crippen molar-refractivity contribution in [2.75, 3.05) is 0 Å². The van der Waals surface area contributed by atoms with E-state index in [1.165, 1.54) is 0 Å². The van der Waals surface area contributed by atoms with E-state index >= 15 is 0 Å². The predicted molar refractivity (Wildman–Crippen MR) is 74.7 cm³/mol. The van der Waals surface area contributed by atoms with Crippen molar-refractivity contribution in [2.24, 2.45) is 0 Å². The van der Waals surface area contributed by atoms with Gasteiger partial charge >= 0.3 is 12.3 Å². The minimum absolute atomic E-state index is 0.289. The number of thiazole rings is 1. The van der Waals surface area contributed by atoms with Crippen LogP contribution in [-0.4, -0.2) is 22.2 Å². The third-order valence-corrected chi connectivity index (χ3v) is 5.13. The number of amides is 1. The van der Waals surface area contributed by atoms with Gasteiger partial charge in [-0.25, -0.2) is 9.78 Å². The molecule has 122 valence electrons. The molecule has 8 heteroatoms. The van der Waals surface area contributed by atoms with Crippen LogP contribution < -0.4 is 5.32 Å². The zero-order valence-electron chi connectivity index (χ0n) is 12.5. The third-order valence-electron chi connectivity index (χ3n) is 4.04. The Balaban J connectivity index is 1.60. The van der Waals surface area contributed by atoms with Crippen molar-refractivity contribution in [2.45, 2.75) is 62.8 Å². The van der Waals surface area contributed by atoms with Crippen molar-refractivity contribution < 1.29 is 22.7 Å². The van der Waals surface area contributed by atoms with Gasteiger partial charge in [-0.3, -0.25) is 0 Å².